The van der Waals surface area contributed by atoms with Crippen LogP contribution >= 0.6 is 0 Å². The van der Waals surface area contributed by atoms with Gasteiger partial charge in [-0.1, -0.05) is 19.1 Å². The van der Waals surface area contributed by atoms with E-state index in [1.165, 1.54) is 0 Å². The predicted octanol–water partition coefficient (Wildman–Crippen LogP) is 1.71. The summed E-state index contributed by atoms with van der Waals surface area (Å²) >= 11 is 0. The highest BCUT2D eigenvalue weighted by atomic mass is 16.5. The predicted molar refractivity (Wildman–Crippen MR) is 73.8 cm³/mol. The third kappa shape index (κ3) is 3.29. The summed E-state index contributed by atoms with van der Waals surface area (Å²) in [5.74, 6) is 0.753. The number of ether oxygens (including phenoxy) is 1. The molecular weight excluding hydrogens is 242 g/mol. The topological polar surface area (TPSA) is 64.9 Å². The Morgan fingerprint density at radius 2 is 2.26 bits per heavy atom. The van der Waals surface area contributed by atoms with Crippen molar-refractivity contribution in [3.8, 4) is 11.4 Å². The number of benzene rings is 1. The maximum atomic E-state index is 5.19. The fourth-order valence-electron chi connectivity index (χ4n) is 1.92. The lowest BCUT2D eigenvalue weighted by atomic mass is 10.1. The molecule has 0 aliphatic rings. The number of anilines is 1. The van der Waals surface area contributed by atoms with Crippen molar-refractivity contribution in [2.75, 3.05) is 19.0 Å². The molecule has 1 aromatic carbocycles. The van der Waals surface area contributed by atoms with Crippen LogP contribution in [0.15, 0.2) is 24.3 Å². The Morgan fingerprint density at radius 1 is 1.42 bits per heavy atom. The molecule has 6 heteroatoms. The van der Waals surface area contributed by atoms with E-state index >= 15 is 0 Å². The zero-order valence-electron chi connectivity index (χ0n) is 11.5. The van der Waals surface area contributed by atoms with Crippen LogP contribution in [0.1, 0.15) is 13.3 Å². The van der Waals surface area contributed by atoms with Crippen LogP contribution in [0.5, 0.6) is 0 Å². The molecule has 0 aliphatic heterocycles. The van der Waals surface area contributed by atoms with Gasteiger partial charge >= 0.3 is 0 Å². The molecule has 2 aromatic rings. The molecule has 0 saturated carbocycles. The van der Waals surface area contributed by atoms with Crippen molar-refractivity contribution in [1.29, 1.82) is 0 Å². The molecule has 102 valence electrons. The van der Waals surface area contributed by atoms with Gasteiger partial charge in [0.1, 0.15) is 0 Å². The van der Waals surface area contributed by atoms with Gasteiger partial charge in [-0.05, 0) is 29.0 Å². The normalized spacial score (nSPS) is 12.4. The molecule has 1 unspecified atom stereocenters. The number of aryl methyl sites for hydroxylation is 1. The zero-order chi connectivity index (χ0) is 13.7. The highest BCUT2D eigenvalue weighted by molar-refractivity contribution is 5.62. The molecular formula is C13H19N5O. The van der Waals surface area contributed by atoms with Crippen LogP contribution in [-0.4, -0.2) is 40.0 Å². The monoisotopic (exact) mass is 261 g/mol. The molecule has 0 spiro atoms. The van der Waals surface area contributed by atoms with Gasteiger partial charge in [-0.2, -0.15) is 0 Å². The van der Waals surface area contributed by atoms with Crippen LogP contribution in [0.4, 0.5) is 5.69 Å². The largest absolute Gasteiger partial charge is 0.383 e. The van der Waals surface area contributed by atoms with Crippen molar-refractivity contribution < 1.29 is 4.74 Å². The van der Waals surface area contributed by atoms with Crippen molar-refractivity contribution >= 4 is 5.69 Å². The molecule has 0 fully saturated rings. The average molecular weight is 261 g/mol. The van der Waals surface area contributed by atoms with Gasteiger partial charge < -0.3 is 10.1 Å². The van der Waals surface area contributed by atoms with Crippen molar-refractivity contribution in [3.05, 3.63) is 24.3 Å². The number of hydrogen-bond acceptors (Lipinski definition) is 5. The first kappa shape index (κ1) is 13.5. The van der Waals surface area contributed by atoms with Gasteiger partial charge in [0.25, 0.3) is 0 Å². The van der Waals surface area contributed by atoms with Crippen LogP contribution in [0, 0.1) is 0 Å². The van der Waals surface area contributed by atoms with Gasteiger partial charge in [-0.15, -0.1) is 5.10 Å². The number of methoxy groups -OCH3 is 1. The van der Waals surface area contributed by atoms with E-state index in [1.807, 2.05) is 31.3 Å². The number of rotatable bonds is 6. The van der Waals surface area contributed by atoms with Gasteiger partial charge in [-0.3, -0.25) is 0 Å². The molecule has 1 N–H and O–H groups in total. The molecule has 19 heavy (non-hydrogen) atoms. The first-order valence-corrected chi connectivity index (χ1v) is 6.32. The minimum atomic E-state index is 0.304. The highest BCUT2D eigenvalue weighted by Crippen LogP contribution is 2.20. The second kappa shape index (κ2) is 6.29. The standard InChI is InChI=1S/C13H19N5O/c1-4-11(9-19-3)14-12-7-5-6-10(8-12)13-15-16-17-18(13)2/h5-8,11,14H,4,9H2,1-3H3. The summed E-state index contributed by atoms with van der Waals surface area (Å²) < 4.78 is 6.85. The molecule has 0 radical (unpaired) electrons. The highest BCUT2D eigenvalue weighted by Gasteiger charge is 2.09. The van der Waals surface area contributed by atoms with E-state index < -0.39 is 0 Å². The fourth-order valence-corrected chi connectivity index (χ4v) is 1.92. The summed E-state index contributed by atoms with van der Waals surface area (Å²) in [7, 11) is 3.54. The Bertz CT molecular complexity index is 525. The van der Waals surface area contributed by atoms with Crippen molar-refractivity contribution in [2.45, 2.75) is 19.4 Å². The van der Waals surface area contributed by atoms with Crippen LogP contribution in [0.3, 0.4) is 0 Å². The SMILES string of the molecule is CCC(COC)Nc1cccc(-c2nnnn2C)c1. The lowest BCUT2D eigenvalue weighted by Crippen LogP contribution is -2.23. The number of tetrazole rings is 1. The Morgan fingerprint density at radius 3 is 2.89 bits per heavy atom. The fraction of sp³-hybridized carbons (Fsp3) is 0.462. The minimum absolute atomic E-state index is 0.304. The first-order valence-electron chi connectivity index (χ1n) is 6.32. The number of aromatic nitrogens is 4. The van der Waals surface area contributed by atoms with Gasteiger partial charge in [0.15, 0.2) is 5.82 Å². The molecule has 1 heterocycles. The molecule has 1 aromatic heterocycles. The lowest BCUT2D eigenvalue weighted by Gasteiger charge is -2.17. The summed E-state index contributed by atoms with van der Waals surface area (Å²) in [6.45, 7) is 2.82. The zero-order valence-corrected chi connectivity index (χ0v) is 11.5. The van der Waals surface area contributed by atoms with Gasteiger partial charge in [0, 0.05) is 31.5 Å². The smallest absolute Gasteiger partial charge is 0.181 e. The minimum Gasteiger partial charge on any atom is -0.383 e. The van der Waals surface area contributed by atoms with Crippen molar-refractivity contribution in [1.82, 2.24) is 20.2 Å². The number of nitrogens with one attached hydrogen (secondary N) is 1. The van der Waals surface area contributed by atoms with Gasteiger partial charge in [0.05, 0.1) is 6.61 Å². The maximum absolute atomic E-state index is 5.19. The van der Waals surface area contributed by atoms with E-state index in [4.69, 9.17) is 4.74 Å². The van der Waals surface area contributed by atoms with E-state index in [0.717, 1.165) is 23.5 Å². The third-order valence-corrected chi connectivity index (χ3v) is 2.97. The molecule has 0 aliphatic carbocycles. The Hall–Kier alpha value is -1.95. The molecule has 0 amide bonds. The summed E-state index contributed by atoms with van der Waals surface area (Å²) in [4.78, 5) is 0. The van der Waals surface area contributed by atoms with Crippen molar-refractivity contribution in [2.24, 2.45) is 7.05 Å². The number of nitrogens with zero attached hydrogens (tertiary/aromatic N) is 4. The van der Waals surface area contributed by atoms with E-state index in [1.54, 1.807) is 11.8 Å². The summed E-state index contributed by atoms with van der Waals surface area (Å²) in [6, 6.07) is 8.37. The summed E-state index contributed by atoms with van der Waals surface area (Å²) in [6.07, 6.45) is 1.00. The molecule has 2 rings (SSSR count). The van der Waals surface area contributed by atoms with E-state index in [9.17, 15) is 0 Å². The average Bonchev–Trinajstić information content (AvgIpc) is 2.85. The van der Waals surface area contributed by atoms with Crippen LogP contribution in [0.25, 0.3) is 11.4 Å². The van der Waals surface area contributed by atoms with Crippen LogP contribution in [0.2, 0.25) is 0 Å². The molecule has 0 bridgehead atoms. The maximum Gasteiger partial charge on any atom is 0.181 e. The Kier molecular flexibility index (Phi) is 4.46. The van der Waals surface area contributed by atoms with E-state index in [0.29, 0.717) is 12.6 Å². The third-order valence-electron chi connectivity index (χ3n) is 2.97. The Balaban J connectivity index is 2.18. The summed E-state index contributed by atoms with van der Waals surface area (Å²) in [5.41, 5.74) is 2.04. The summed E-state index contributed by atoms with van der Waals surface area (Å²) in [5, 5.41) is 15.0. The molecule has 0 saturated heterocycles. The van der Waals surface area contributed by atoms with Gasteiger partial charge in [0.2, 0.25) is 0 Å². The molecule has 6 nitrogen and oxygen atoms in total. The second-order valence-electron chi connectivity index (χ2n) is 4.41. The lowest BCUT2D eigenvalue weighted by molar-refractivity contribution is 0.184. The van der Waals surface area contributed by atoms with E-state index in [2.05, 4.69) is 27.8 Å². The first-order chi connectivity index (χ1) is 9.24. The van der Waals surface area contributed by atoms with Gasteiger partial charge in [-0.25, -0.2) is 4.68 Å². The second-order valence-corrected chi connectivity index (χ2v) is 4.41. The van der Waals surface area contributed by atoms with Crippen LogP contribution in [-0.2, 0) is 11.8 Å². The quantitative estimate of drug-likeness (QED) is 0.857. The van der Waals surface area contributed by atoms with Crippen molar-refractivity contribution in [3.63, 3.8) is 0 Å². The Labute approximate surface area is 112 Å². The van der Waals surface area contributed by atoms with E-state index in [-0.39, 0.29) is 0 Å². The number of hydrogen-bond donors (Lipinski definition) is 1. The molecule has 1 atom stereocenters. The van der Waals surface area contributed by atoms with Crippen LogP contribution < -0.4 is 5.32 Å².